The Kier molecular flexibility index (Phi) is 7.19. The predicted molar refractivity (Wildman–Crippen MR) is 83.2 cm³/mol. The number of hydrogen-bond donors (Lipinski definition) is 1. The maximum atomic E-state index is 12.3. The summed E-state index contributed by atoms with van der Waals surface area (Å²) in [6.07, 6.45) is 1.64. The molecule has 20 heavy (non-hydrogen) atoms. The molecule has 0 aromatic heterocycles. The van der Waals surface area contributed by atoms with E-state index in [0.29, 0.717) is 4.90 Å². The van der Waals surface area contributed by atoms with Crippen molar-refractivity contribution in [3.8, 4) is 0 Å². The van der Waals surface area contributed by atoms with Crippen molar-refractivity contribution in [2.75, 3.05) is 19.6 Å². The molecule has 0 saturated carbocycles. The summed E-state index contributed by atoms with van der Waals surface area (Å²) in [5.41, 5.74) is 0. The lowest BCUT2D eigenvalue weighted by Crippen LogP contribution is -2.37. The molecule has 0 aliphatic heterocycles. The molecular formula is C15H26N2O2S. The van der Waals surface area contributed by atoms with E-state index in [1.807, 2.05) is 13.0 Å². The van der Waals surface area contributed by atoms with E-state index in [0.717, 1.165) is 32.5 Å². The maximum absolute atomic E-state index is 12.3. The minimum atomic E-state index is -3.40. The van der Waals surface area contributed by atoms with Gasteiger partial charge in [-0.3, -0.25) is 0 Å². The van der Waals surface area contributed by atoms with E-state index in [-0.39, 0.29) is 6.04 Å². The molecule has 0 saturated heterocycles. The summed E-state index contributed by atoms with van der Waals surface area (Å²) >= 11 is 0. The summed E-state index contributed by atoms with van der Waals surface area (Å²) in [5, 5.41) is 0. The van der Waals surface area contributed by atoms with Gasteiger partial charge >= 0.3 is 0 Å². The van der Waals surface area contributed by atoms with Gasteiger partial charge in [-0.05, 0) is 44.6 Å². The average Bonchev–Trinajstić information content (AvgIpc) is 2.47. The van der Waals surface area contributed by atoms with Crippen LogP contribution in [0.1, 0.15) is 33.6 Å². The van der Waals surface area contributed by atoms with Crippen molar-refractivity contribution in [2.45, 2.75) is 44.6 Å². The average molecular weight is 298 g/mol. The quantitative estimate of drug-likeness (QED) is 0.762. The summed E-state index contributed by atoms with van der Waals surface area (Å²) in [7, 11) is -3.40. The minimum Gasteiger partial charge on any atom is -0.304 e. The molecule has 0 amide bonds. The van der Waals surface area contributed by atoms with Crippen molar-refractivity contribution in [2.24, 2.45) is 0 Å². The molecule has 0 fully saturated rings. The van der Waals surface area contributed by atoms with E-state index in [1.165, 1.54) is 0 Å². The van der Waals surface area contributed by atoms with Gasteiger partial charge in [0.2, 0.25) is 10.0 Å². The van der Waals surface area contributed by atoms with Gasteiger partial charge in [-0.1, -0.05) is 39.0 Å². The second-order valence-corrected chi connectivity index (χ2v) is 6.57. The number of nitrogens with zero attached hydrogens (tertiary/aromatic N) is 1. The Morgan fingerprint density at radius 1 is 1.10 bits per heavy atom. The molecule has 0 spiro atoms. The summed E-state index contributed by atoms with van der Waals surface area (Å²) in [6.45, 7) is 9.18. The largest absolute Gasteiger partial charge is 0.304 e. The molecule has 1 rings (SSSR count). The highest BCUT2D eigenvalue weighted by Gasteiger charge is 2.18. The van der Waals surface area contributed by atoms with Crippen molar-refractivity contribution in [1.82, 2.24) is 9.62 Å². The van der Waals surface area contributed by atoms with Gasteiger partial charge in [0.15, 0.2) is 0 Å². The molecule has 5 heteroatoms. The van der Waals surface area contributed by atoms with Crippen molar-refractivity contribution in [3.05, 3.63) is 30.3 Å². The lowest BCUT2D eigenvalue weighted by Gasteiger charge is -2.22. The topological polar surface area (TPSA) is 49.4 Å². The van der Waals surface area contributed by atoms with Crippen LogP contribution in [0.3, 0.4) is 0 Å². The molecule has 4 nitrogen and oxygen atoms in total. The molecule has 114 valence electrons. The van der Waals surface area contributed by atoms with Crippen molar-refractivity contribution in [3.63, 3.8) is 0 Å². The van der Waals surface area contributed by atoms with Crippen LogP contribution >= 0.6 is 0 Å². The van der Waals surface area contributed by atoms with Crippen LogP contribution in [0, 0.1) is 0 Å². The van der Waals surface area contributed by atoms with E-state index < -0.39 is 10.0 Å². The zero-order valence-electron chi connectivity index (χ0n) is 12.7. The summed E-state index contributed by atoms with van der Waals surface area (Å²) in [5.74, 6) is 0. The Balaban J connectivity index is 2.64. The Morgan fingerprint density at radius 2 is 1.70 bits per heavy atom. The van der Waals surface area contributed by atoms with Crippen LogP contribution in [0.4, 0.5) is 0 Å². The van der Waals surface area contributed by atoms with Crippen LogP contribution in [0.25, 0.3) is 0 Å². The molecule has 0 unspecified atom stereocenters. The van der Waals surface area contributed by atoms with Crippen LogP contribution < -0.4 is 4.72 Å². The van der Waals surface area contributed by atoms with E-state index in [4.69, 9.17) is 0 Å². The summed E-state index contributed by atoms with van der Waals surface area (Å²) < 4.78 is 27.3. The van der Waals surface area contributed by atoms with Crippen molar-refractivity contribution < 1.29 is 8.42 Å². The third-order valence-electron chi connectivity index (χ3n) is 3.56. The van der Waals surface area contributed by atoms with Crippen LogP contribution in [0.2, 0.25) is 0 Å². The molecule has 0 heterocycles. The third-order valence-corrected chi connectivity index (χ3v) is 5.09. The molecule has 1 aromatic carbocycles. The fourth-order valence-electron chi connectivity index (χ4n) is 2.11. The SMILES string of the molecule is CC[C@H](CCN(CC)CC)NS(=O)(=O)c1ccccc1. The van der Waals surface area contributed by atoms with Crippen LogP contribution in [0.15, 0.2) is 35.2 Å². The lowest BCUT2D eigenvalue weighted by atomic mass is 10.1. The first kappa shape index (κ1) is 17.1. The van der Waals surface area contributed by atoms with Gasteiger partial charge in [0, 0.05) is 6.04 Å². The Hall–Kier alpha value is -0.910. The van der Waals surface area contributed by atoms with Gasteiger partial charge in [-0.2, -0.15) is 0 Å². The van der Waals surface area contributed by atoms with Gasteiger partial charge in [-0.25, -0.2) is 13.1 Å². The molecule has 1 atom stereocenters. The number of rotatable bonds is 9. The number of nitrogens with one attached hydrogen (secondary N) is 1. The standard InChI is InChI=1S/C15H26N2O2S/c1-4-14(12-13-17(5-2)6-3)16-20(18,19)15-10-8-7-9-11-15/h7-11,14,16H,4-6,12-13H2,1-3H3/t14-/m1/s1. The fourth-order valence-corrected chi connectivity index (χ4v) is 3.49. The first-order chi connectivity index (χ1) is 9.53. The molecule has 0 radical (unpaired) electrons. The highest BCUT2D eigenvalue weighted by atomic mass is 32.2. The van der Waals surface area contributed by atoms with Crippen LogP contribution in [-0.2, 0) is 10.0 Å². The normalized spacial score (nSPS) is 13.6. The monoisotopic (exact) mass is 298 g/mol. The molecule has 0 bridgehead atoms. The van der Waals surface area contributed by atoms with Crippen LogP contribution in [0.5, 0.6) is 0 Å². The molecule has 1 N–H and O–H groups in total. The molecule has 0 aliphatic rings. The van der Waals surface area contributed by atoms with Crippen LogP contribution in [-0.4, -0.2) is 39.0 Å². The smallest absolute Gasteiger partial charge is 0.240 e. The maximum Gasteiger partial charge on any atom is 0.240 e. The molecule has 1 aromatic rings. The van der Waals surface area contributed by atoms with Gasteiger partial charge < -0.3 is 4.90 Å². The third kappa shape index (κ3) is 5.23. The van der Waals surface area contributed by atoms with Gasteiger partial charge in [0.1, 0.15) is 0 Å². The Labute approximate surface area is 123 Å². The van der Waals surface area contributed by atoms with Crippen molar-refractivity contribution in [1.29, 1.82) is 0 Å². The lowest BCUT2D eigenvalue weighted by molar-refractivity contribution is 0.285. The highest BCUT2D eigenvalue weighted by molar-refractivity contribution is 7.89. The Morgan fingerprint density at radius 3 is 2.20 bits per heavy atom. The highest BCUT2D eigenvalue weighted by Crippen LogP contribution is 2.10. The second-order valence-electron chi connectivity index (χ2n) is 4.86. The first-order valence-corrected chi connectivity index (χ1v) is 8.81. The first-order valence-electron chi connectivity index (χ1n) is 7.33. The zero-order valence-corrected chi connectivity index (χ0v) is 13.5. The van der Waals surface area contributed by atoms with Gasteiger partial charge in [-0.15, -0.1) is 0 Å². The Bertz CT molecular complexity index is 470. The number of benzene rings is 1. The minimum absolute atomic E-state index is 0.0131. The van der Waals surface area contributed by atoms with Gasteiger partial charge in [0.25, 0.3) is 0 Å². The molecule has 0 aliphatic carbocycles. The number of sulfonamides is 1. The molecular weight excluding hydrogens is 272 g/mol. The summed E-state index contributed by atoms with van der Waals surface area (Å²) in [4.78, 5) is 2.64. The summed E-state index contributed by atoms with van der Waals surface area (Å²) in [6, 6.07) is 8.53. The van der Waals surface area contributed by atoms with E-state index >= 15 is 0 Å². The van der Waals surface area contributed by atoms with E-state index in [9.17, 15) is 8.42 Å². The van der Waals surface area contributed by atoms with Gasteiger partial charge in [0.05, 0.1) is 4.90 Å². The zero-order chi connectivity index (χ0) is 15.0. The fraction of sp³-hybridized carbons (Fsp3) is 0.600. The predicted octanol–water partition coefficient (Wildman–Crippen LogP) is 2.48. The number of hydrogen-bond acceptors (Lipinski definition) is 3. The van der Waals surface area contributed by atoms with Crippen molar-refractivity contribution >= 4 is 10.0 Å². The van der Waals surface area contributed by atoms with E-state index in [1.54, 1.807) is 24.3 Å². The van der Waals surface area contributed by atoms with E-state index in [2.05, 4.69) is 23.5 Å². The second kappa shape index (κ2) is 8.39.